The highest BCUT2D eigenvalue weighted by Crippen LogP contribution is 2.39. The van der Waals surface area contributed by atoms with Crippen LogP contribution in [0.2, 0.25) is 0 Å². The van der Waals surface area contributed by atoms with Crippen molar-refractivity contribution in [3.05, 3.63) is 50.7 Å². The van der Waals surface area contributed by atoms with Gasteiger partial charge in [0.1, 0.15) is 17.1 Å². The zero-order valence-corrected chi connectivity index (χ0v) is 13.9. The highest BCUT2D eigenvalue weighted by Gasteiger charge is 2.18. The van der Waals surface area contributed by atoms with Crippen molar-refractivity contribution < 1.29 is 23.8 Å². The first-order valence-electron chi connectivity index (χ1n) is 5.66. The molecule has 0 spiro atoms. The van der Waals surface area contributed by atoms with Crippen LogP contribution in [-0.2, 0) is 0 Å². The molecular weight excluding hydrogens is 411 g/mol. The molecule has 0 heterocycles. The molecule has 0 bridgehead atoms. The molecule has 110 valence electrons. The summed E-state index contributed by atoms with van der Waals surface area (Å²) in [5, 5.41) is 9.09. The van der Waals surface area contributed by atoms with E-state index in [-0.39, 0.29) is 17.1 Å². The lowest BCUT2D eigenvalue weighted by Gasteiger charge is -2.13. The molecule has 0 aliphatic heterocycles. The summed E-state index contributed by atoms with van der Waals surface area (Å²) >= 11 is 6.55. The number of ether oxygens (including phenoxy) is 2. The number of hydrogen-bond acceptors (Lipinski definition) is 3. The van der Waals surface area contributed by atoms with Gasteiger partial charge in [0.05, 0.1) is 16.1 Å². The maximum absolute atomic E-state index is 13.8. The largest absolute Gasteiger partial charge is 0.496 e. The third kappa shape index (κ3) is 3.36. The summed E-state index contributed by atoms with van der Waals surface area (Å²) in [5.41, 5.74) is -0.256. The fourth-order valence-electron chi connectivity index (χ4n) is 1.64. The van der Waals surface area contributed by atoms with E-state index in [0.717, 1.165) is 6.07 Å². The van der Waals surface area contributed by atoms with Crippen LogP contribution >= 0.6 is 31.9 Å². The summed E-state index contributed by atoms with van der Waals surface area (Å²) in [4.78, 5) is 11.1. The summed E-state index contributed by atoms with van der Waals surface area (Å²) in [5.74, 6) is -1.55. The molecule has 21 heavy (non-hydrogen) atoms. The number of carboxylic acids is 1. The van der Waals surface area contributed by atoms with Gasteiger partial charge in [0.25, 0.3) is 0 Å². The van der Waals surface area contributed by atoms with Gasteiger partial charge < -0.3 is 14.6 Å². The van der Waals surface area contributed by atoms with E-state index >= 15 is 0 Å². The molecule has 0 aliphatic rings. The van der Waals surface area contributed by atoms with Gasteiger partial charge in [-0.2, -0.15) is 0 Å². The maximum atomic E-state index is 13.8. The SMILES string of the molecule is COc1cc(Br)c(Oc2c(F)cccc2C(=O)O)cc1Br. The van der Waals surface area contributed by atoms with E-state index < -0.39 is 11.8 Å². The van der Waals surface area contributed by atoms with E-state index in [9.17, 15) is 9.18 Å². The normalized spacial score (nSPS) is 10.3. The molecule has 0 unspecified atom stereocenters. The van der Waals surface area contributed by atoms with Crippen molar-refractivity contribution in [2.24, 2.45) is 0 Å². The van der Waals surface area contributed by atoms with Crippen molar-refractivity contribution in [2.75, 3.05) is 7.11 Å². The molecule has 0 amide bonds. The van der Waals surface area contributed by atoms with Crippen LogP contribution in [0.1, 0.15) is 10.4 Å². The van der Waals surface area contributed by atoms with E-state index in [4.69, 9.17) is 14.6 Å². The highest BCUT2D eigenvalue weighted by atomic mass is 79.9. The predicted molar refractivity (Wildman–Crippen MR) is 81.8 cm³/mol. The monoisotopic (exact) mass is 418 g/mol. The molecule has 0 aromatic heterocycles. The van der Waals surface area contributed by atoms with E-state index in [2.05, 4.69) is 31.9 Å². The lowest BCUT2D eigenvalue weighted by atomic mass is 10.2. The second-order valence-corrected chi connectivity index (χ2v) is 5.65. The molecule has 2 aromatic carbocycles. The van der Waals surface area contributed by atoms with Crippen LogP contribution in [0.5, 0.6) is 17.2 Å². The lowest BCUT2D eigenvalue weighted by Crippen LogP contribution is -2.02. The molecule has 7 heteroatoms. The molecule has 0 aliphatic carbocycles. The molecule has 0 radical (unpaired) electrons. The van der Waals surface area contributed by atoms with E-state index in [1.165, 1.54) is 19.2 Å². The second-order valence-electron chi connectivity index (χ2n) is 3.94. The van der Waals surface area contributed by atoms with Crippen LogP contribution in [0.15, 0.2) is 39.3 Å². The Morgan fingerprint density at radius 1 is 1.19 bits per heavy atom. The van der Waals surface area contributed by atoms with Crippen LogP contribution in [-0.4, -0.2) is 18.2 Å². The third-order valence-corrected chi connectivity index (χ3v) is 3.86. The van der Waals surface area contributed by atoms with Crippen molar-refractivity contribution in [3.8, 4) is 17.2 Å². The number of carbonyl (C=O) groups is 1. The zero-order valence-electron chi connectivity index (χ0n) is 10.7. The minimum Gasteiger partial charge on any atom is -0.496 e. The van der Waals surface area contributed by atoms with Crippen LogP contribution in [0.3, 0.4) is 0 Å². The van der Waals surface area contributed by atoms with Gasteiger partial charge >= 0.3 is 5.97 Å². The molecule has 2 aromatic rings. The van der Waals surface area contributed by atoms with E-state index in [0.29, 0.717) is 14.7 Å². The van der Waals surface area contributed by atoms with Crippen molar-refractivity contribution in [1.82, 2.24) is 0 Å². The maximum Gasteiger partial charge on any atom is 0.339 e. The third-order valence-electron chi connectivity index (χ3n) is 2.62. The number of halogens is 3. The average Bonchev–Trinajstić information content (AvgIpc) is 2.44. The minimum atomic E-state index is -1.27. The molecule has 0 saturated heterocycles. The van der Waals surface area contributed by atoms with Crippen LogP contribution in [0.25, 0.3) is 0 Å². The van der Waals surface area contributed by atoms with Gasteiger partial charge in [-0.1, -0.05) is 6.07 Å². The molecule has 1 N–H and O–H groups in total. The lowest BCUT2D eigenvalue weighted by molar-refractivity contribution is 0.0693. The molecule has 4 nitrogen and oxygen atoms in total. The number of carboxylic acid groups (broad SMARTS) is 1. The fourth-order valence-corrected chi connectivity index (χ4v) is 2.52. The van der Waals surface area contributed by atoms with Gasteiger partial charge in [0, 0.05) is 0 Å². The summed E-state index contributed by atoms with van der Waals surface area (Å²) in [6.45, 7) is 0. The summed E-state index contributed by atoms with van der Waals surface area (Å²) in [7, 11) is 1.51. The fraction of sp³-hybridized carbons (Fsp3) is 0.0714. The van der Waals surface area contributed by atoms with Gasteiger partial charge in [-0.3, -0.25) is 0 Å². The summed E-state index contributed by atoms with van der Waals surface area (Å²) in [6, 6.07) is 6.90. The zero-order chi connectivity index (χ0) is 15.6. The van der Waals surface area contributed by atoms with Crippen LogP contribution < -0.4 is 9.47 Å². The topological polar surface area (TPSA) is 55.8 Å². The molecule has 0 atom stereocenters. The minimum absolute atomic E-state index is 0.256. The number of rotatable bonds is 4. The molecule has 0 saturated carbocycles. The summed E-state index contributed by atoms with van der Waals surface area (Å²) in [6.07, 6.45) is 0. The smallest absolute Gasteiger partial charge is 0.339 e. The Balaban J connectivity index is 2.48. The van der Waals surface area contributed by atoms with E-state index in [1.807, 2.05) is 0 Å². The Morgan fingerprint density at radius 2 is 1.81 bits per heavy atom. The van der Waals surface area contributed by atoms with Crippen molar-refractivity contribution in [3.63, 3.8) is 0 Å². The van der Waals surface area contributed by atoms with Crippen molar-refractivity contribution in [1.29, 1.82) is 0 Å². The average molecular weight is 420 g/mol. The molecular formula is C14H9Br2FO4. The Bertz CT molecular complexity index is 704. The Morgan fingerprint density at radius 3 is 2.43 bits per heavy atom. The molecule has 0 fully saturated rings. The number of benzene rings is 2. The first-order valence-corrected chi connectivity index (χ1v) is 7.25. The van der Waals surface area contributed by atoms with Gasteiger partial charge in [-0.15, -0.1) is 0 Å². The first kappa shape index (κ1) is 15.8. The van der Waals surface area contributed by atoms with E-state index in [1.54, 1.807) is 12.1 Å². The van der Waals surface area contributed by atoms with Crippen molar-refractivity contribution >= 4 is 37.8 Å². The van der Waals surface area contributed by atoms with Crippen LogP contribution in [0, 0.1) is 5.82 Å². The number of aromatic carboxylic acids is 1. The second kappa shape index (κ2) is 6.44. The number of methoxy groups -OCH3 is 1. The number of para-hydroxylation sites is 1. The Kier molecular flexibility index (Phi) is 4.84. The molecule has 2 rings (SSSR count). The number of hydrogen-bond donors (Lipinski definition) is 1. The quantitative estimate of drug-likeness (QED) is 0.769. The van der Waals surface area contributed by atoms with Crippen LogP contribution in [0.4, 0.5) is 4.39 Å². The first-order chi connectivity index (χ1) is 9.93. The van der Waals surface area contributed by atoms with Gasteiger partial charge in [0.15, 0.2) is 11.6 Å². The Hall–Kier alpha value is -1.60. The van der Waals surface area contributed by atoms with Gasteiger partial charge in [0.2, 0.25) is 0 Å². The predicted octanol–water partition coefficient (Wildman–Crippen LogP) is 4.85. The van der Waals surface area contributed by atoms with Crippen molar-refractivity contribution in [2.45, 2.75) is 0 Å². The highest BCUT2D eigenvalue weighted by molar-refractivity contribution is 9.11. The van der Waals surface area contributed by atoms with Gasteiger partial charge in [-0.25, -0.2) is 9.18 Å². The summed E-state index contributed by atoms with van der Waals surface area (Å²) < 4.78 is 25.5. The Labute approximate surface area is 136 Å². The standard InChI is InChI=1S/C14H9Br2FO4/c1-20-11-5-9(16)12(6-8(11)15)21-13-7(14(18)19)3-2-4-10(13)17/h2-6H,1H3,(H,18,19). The van der Waals surface area contributed by atoms with Gasteiger partial charge in [-0.05, 0) is 56.1 Å².